The van der Waals surface area contributed by atoms with Gasteiger partial charge in [0.15, 0.2) is 11.6 Å². The summed E-state index contributed by atoms with van der Waals surface area (Å²) in [6.07, 6.45) is 0.787. The van der Waals surface area contributed by atoms with Crippen LogP contribution in [0.25, 0.3) is 0 Å². The topological polar surface area (TPSA) is 66.4 Å². The fourth-order valence-electron chi connectivity index (χ4n) is 2.41. The Kier molecular flexibility index (Phi) is 7.59. The third kappa shape index (κ3) is 6.84. The standard InChI is InChI=1S/C19H19F2NO3S/c20-16-8-7-15(11-17(16)21)26-12-18(23)22-14(6-9-19(24)25)10-13-4-2-1-3-5-13/h1-5,7-8,11,14H,6,9-10,12H2,(H,22,23)(H,24,25). The number of rotatable bonds is 9. The summed E-state index contributed by atoms with van der Waals surface area (Å²) in [6.45, 7) is 0. The summed E-state index contributed by atoms with van der Waals surface area (Å²) in [5.74, 6) is -3.07. The molecular formula is C19H19F2NO3S. The third-order valence-corrected chi connectivity index (χ3v) is 4.65. The van der Waals surface area contributed by atoms with Gasteiger partial charge in [-0.2, -0.15) is 0 Å². The monoisotopic (exact) mass is 379 g/mol. The van der Waals surface area contributed by atoms with Gasteiger partial charge in [0, 0.05) is 17.4 Å². The number of nitrogens with one attached hydrogen (secondary N) is 1. The van der Waals surface area contributed by atoms with Crippen LogP contribution in [0.15, 0.2) is 53.4 Å². The summed E-state index contributed by atoms with van der Waals surface area (Å²) < 4.78 is 26.1. The number of carboxylic acid groups (broad SMARTS) is 1. The highest BCUT2D eigenvalue weighted by Gasteiger charge is 2.15. The van der Waals surface area contributed by atoms with Crippen molar-refractivity contribution in [3.63, 3.8) is 0 Å². The second kappa shape index (κ2) is 9.91. The molecule has 4 nitrogen and oxygen atoms in total. The van der Waals surface area contributed by atoms with Gasteiger partial charge in [-0.05, 0) is 36.6 Å². The van der Waals surface area contributed by atoms with Crippen LogP contribution in [-0.2, 0) is 16.0 Å². The lowest BCUT2D eigenvalue weighted by Crippen LogP contribution is -2.38. The number of carboxylic acids is 1. The molecule has 0 saturated carbocycles. The minimum Gasteiger partial charge on any atom is -0.481 e. The SMILES string of the molecule is O=C(O)CCC(Cc1ccccc1)NC(=O)CSc1ccc(F)c(F)c1. The van der Waals surface area contributed by atoms with Crippen molar-refractivity contribution in [1.29, 1.82) is 0 Å². The number of carbonyl (C=O) groups excluding carboxylic acids is 1. The molecule has 2 aromatic rings. The Labute approximate surface area is 154 Å². The van der Waals surface area contributed by atoms with Crippen LogP contribution < -0.4 is 5.32 Å². The van der Waals surface area contributed by atoms with Crippen molar-refractivity contribution in [3.8, 4) is 0 Å². The van der Waals surface area contributed by atoms with Gasteiger partial charge in [0.25, 0.3) is 0 Å². The molecule has 1 atom stereocenters. The normalized spacial score (nSPS) is 11.8. The molecule has 0 bridgehead atoms. The molecule has 2 aromatic carbocycles. The number of hydrogen-bond donors (Lipinski definition) is 2. The molecule has 0 aliphatic rings. The van der Waals surface area contributed by atoms with Crippen LogP contribution in [0.1, 0.15) is 18.4 Å². The fourth-order valence-corrected chi connectivity index (χ4v) is 3.14. The minimum atomic E-state index is -0.959. The number of amides is 1. The Hall–Kier alpha value is -2.41. The first kappa shape index (κ1) is 19.9. The Morgan fingerprint density at radius 3 is 2.46 bits per heavy atom. The first-order valence-corrected chi connectivity index (χ1v) is 9.05. The highest BCUT2D eigenvalue weighted by molar-refractivity contribution is 8.00. The number of halogens is 2. The predicted octanol–water partition coefficient (Wildman–Crippen LogP) is 3.65. The van der Waals surface area contributed by atoms with E-state index in [0.717, 1.165) is 29.5 Å². The second-order valence-corrected chi connectivity index (χ2v) is 6.80. The zero-order valence-corrected chi connectivity index (χ0v) is 14.8. The molecule has 2 rings (SSSR count). The second-order valence-electron chi connectivity index (χ2n) is 5.75. The van der Waals surface area contributed by atoms with Crippen molar-refractivity contribution in [2.24, 2.45) is 0 Å². The molecule has 0 aliphatic heterocycles. The van der Waals surface area contributed by atoms with Crippen molar-refractivity contribution in [1.82, 2.24) is 5.32 Å². The molecule has 2 N–H and O–H groups in total. The molecule has 0 aliphatic carbocycles. The van der Waals surface area contributed by atoms with E-state index in [4.69, 9.17) is 5.11 Å². The van der Waals surface area contributed by atoms with Crippen LogP contribution in [0.4, 0.5) is 8.78 Å². The molecule has 1 amide bonds. The average molecular weight is 379 g/mol. The van der Waals surface area contributed by atoms with Gasteiger partial charge in [-0.1, -0.05) is 30.3 Å². The molecule has 0 saturated heterocycles. The van der Waals surface area contributed by atoms with Gasteiger partial charge in [-0.25, -0.2) is 8.78 Å². The highest BCUT2D eigenvalue weighted by Crippen LogP contribution is 2.20. The lowest BCUT2D eigenvalue weighted by Gasteiger charge is -2.18. The van der Waals surface area contributed by atoms with E-state index >= 15 is 0 Å². The van der Waals surface area contributed by atoms with E-state index in [1.807, 2.05) is 30.3 Å². The fraction of sp³-hybridized carbons (Fsp3) is 0.263. The van der Waals surface area contributed by atoms with Crippen molar-refractivity contribution < 1.29 is 23.5 Å². The molecular weight excluding hydrogens is 360 g/mol. The van der Waals surface area contributed by atoms with Crippen LogP contribution in [0.2, 0.25) is 0 Å². The largest absolute Gasteiger partial charge is 0.481 e. The maximum Gasteiger partial charge on any atom is 0.303 e. The van der Waals surface area contributed by atoms with Gasteiger partial charge in [-0.3, -0.25) is 9.59 Å². The molecule has 0 radical (unpaired) electrons. The van der Waals surface area contributed by atoms with Crippen LogP contribution in [-0.4, -0.2) is 28.8 Å². The number of thioether (sulfide) groups is 1. The number of aliphatic carboxylic acids is 1. The zero-order valence-electron chi connectivity index (χ0n) is 14.0. The maximum absolute atomic E-state index is 13.2. The van der Waals surface area contributed by atoms with E-state index in [9.17, 15) is 18.4 Å². The van der Waals surface area contributed by atoms with E-state index in [2.05, 4.69) is 5.32 Å². The van der Waals surface area contributed by atoms with Crippen LogP contribution in [0.3, 0.4) is 0 Å². The smallest absolute Gasteiger partial charge is 0.303 e. The van der Waals surface area contributed by atoms with Crippen LogP contribution >= 0.6 is 11.8 Å². The number of benzene rings is 2. The summed E-state index contributed by atoms with van der Waals surface area (Å²) in [4.78, 5) is 23.4. The van der Waals surface area contributed by atoms with E-state index in [1.165, 1.54) is 6.07 Å². The number of hydrogen-bond acceptors (Lipinski definition) is 3. The first-order valence-electron chi connectivity index (χ1n) is 8.07. The van der Waals surface area contributed by atoms with Crippen LogP contribution in [0, 0.1) is 11.6 Å². The lowest BCUT2D eigenvalue weighted by molar-refractivity contribution is -0.137. The molecule has 0 heterocycles. The Balaban J connectivity index is 1.91. The molecule has 0 fully saturated rings. The average Bonchev–Trinajstić information content (AvgIpc) is 2.61. The predicted molar refractivity (Wildman–Crippen MR) is 96.0 cm³/mol. The molecule has 0 aromatic heterocycles. The van der Waals surface area contributed by atoms with Gasteiger partial charge in [0.05, 0.1) is 5.75 Å². The summed E-state index contributed by atoms with van der Waals surface area (Å²) >= 11 is 1.09. The lowest BCUT2D eigenvalue weighted by atomic mass is 10.0. The van der Waals surface area contributed by atoms with Gasteiger partial charge in [-0.15, -0.1) is 11.8 Å². The summed E-state index contributed by atoms with van der Waals surface area (Å²) in [5.41, 5.74) is 0.997. The van der Waals surface area contributed by atoms with Gasteiger partial charge in [0.2, 0.25) is 5.91 Å². The summed E-state index contributed by atoms with van der Waals surface area (Å²) in [6, 6.07) is 12.6. The van der Waals surface area contributed by atoms with Crippen LogP contribution in [0.5, 0.6) is 0 Å². The minimum absolute atomic E-state index is 0.0312. The Morgan fingerprint density at radius 2 is 1.81 bits per heavy atom. The van der Waals surface area contributed by atoms with E-state index in [0.29, 0.717) is 17.7 Å². The zero-order chi connectivity index (χ0) is 18.9. The highest BCUT2D eigenvalue weighted by atomic mass is 32.2. The van der Waals surface area contributed by atoms with Crippen molar-refractivity contribution in [2.45, 2.75) is 30.2 Å². The van der Waals surface area contributed by atoms with Crippen molar-refractivity contribution >= 4 is 23.6 Å². The Morgan fingerprint density at radius 1 is 1.08 bits per heavy atom. The molecule has 138 valence electrons. The van der Waals surface area contributed by atoms with E-state index in [-0.39, 0.29) is 24.1 Å². The molecule has 0 spiro atoms. The maximum atomic E-state index is 13.2. The van der Waals surface area contributed by atoms with Gasteiger partial charge >= 0.3 is 5.97 Å². The quantitative estimate of drug-likeness (QED) is 0.653. The number of carbonyl (C=O) groups is 2. The van der Waals surface area contributed by atoms with Gasteiger partial charge in [0.1, 0.15) is 0 Å². The summed E-state index contributed by atoms with van der Waals surface area (Å²) in [5, 5.41) is 11.7. The Bertz CT molecular complexity index is 756. The van der Waals surface area contributed by atoms with Crippen molar-refractivity contribution in [3.05, 3.63) is 65.7 Å². The summed E-state index contributed by atoms with van der Waals surface area (Å²) in [7, 11) is 0. The molecule has 7 heteroatoms. The van der Waals surface area contributed by atoms with E-state index in [1.54, 1.807) is 0 Å². The van der Waals surface area contributed by atoms with E-state index < -0.39 is 17.6 Å². The molecule has 1 unspecified atom stereocenters. The third-order valence-electron chi connectivity index (χ3n) is 3.66. The molecule has 26 heavy (non-hydrogen) atoms. The first-order chi connectivity index (χ1) is 12.4. The van der Waals surface area contributed by atoms with Crippen molar-refractivity contribution in [2.75, 3.05) is 5.75 Å². The van der Waals surface area contributed by atoms with Gasteiger partial charge < -0.3 is 10.4 Å².